The molecule has 154 valence electrons. The van der Waals surface area contributed by atoms with Crippen molar-refractivity contribution in [3.63, 3.8) is 0 Å². The van der Waals surface area contributed by atoms with E-state index in [-0.39, 0.29) is 11.7 Å². The molecule has 6 heteroatoms. The highest BCUT2D eigenvalue weighted by Crippen LogP contribution is 2.31. The quantitative estimate of drug-likeness (QED) is 0.633. The van der Waals surface area contributed by atoms with Gasteiger partial charge < -0.3 is 4.90 Å². The SMILES string of the molecule is CN1CCN(Cc2cncc(-c3ccc4cnc(CC(=O)C5CC5)nc4c3)c2)CC1. The van der Waals surface area contributed by atoms with Crippen LogP contribution >= 0.6 is 0 Å². The third-order valence-corrected chi connectivity index (χ3v) is 6.13. The van der Waals surface area contributed by atoms with Crippen molar-refractivity contribution in [1.82, 2.24) is 24.8 Å². The van der Waals surface area contributed by atoms with Crippen LogP contribution in [0.1, 0.15) is 24.2 Å². The van der Waals surface area contributed by atoms with Gasteiger partial charge >= 0.3 is 0 Å². The Hall–Kier alpha value is -2.70. The van der Waals surface area contributed by atoms with Gasteiger partial charge in [0.1, 0.15) is 11.6 Å². The summed E-state index contributed by atoms with van der Waals surface area (Å²) < 4.78 is 0. The van der Waals surface area contributed by atoms with Crippen LogP contribution in [0.25, 0.3) is 22.0 Å². The number of fused-ring (bicyclic) bond motifs is 1. The number of nitrogens with zero attached hydrogens (tertiary/aromatic N) is 5. The van der Waals surface area contributed by atoms with Crippen LogP contribution in [0.15, 0.2) is 42.9 Å². The van der Waals surface area contributed by atoms with E-state index >= 15 is 0 Å². The molecule has 1 aliphatic heterocycles. The van der Waals surface area contributed by atoms with Crippen molar-refractivity contribution in [2.45, 2.75) is 25.8 Å². The Balaban J connectivity index is 1.36. The fourth-order valence-corrected chi connectivity index (χ4v) is 4.03. The highest BCUT2D eigenvalue weighted by atomic mass is 16.1. The zero-order chi connectivity index (χ0) is 20.5. The first-order valence-electron chi connectivity index (χ1n) is 10.8. The number of ketones is 1. The van der Waals surface area contributed by atoms with Crippen molar-refractivity contribution < 1.29 is 4.79 Å². The van der Waals surface area contributed by atoms with E-state index in [0.29, 0.717) is 12.2 Å². The van der Waals surface area contributed by atoms with E-state index in [4.69, 9.17) is 0 Å². The standard InChI is InChI=1S/C24H27N5O/c1-28-6-8-29(9-7-28)16-17-10-21(14-25-13-17)19-4-5-20-15-26-24(27-22(20)11-19)12-23(30)18-2-3-18/h4-5,10-11,13-15,18H,2-3,6-9,12,16H2,1H3. The van der Waals surface area contributed by atoms with Crippen molar-refractivity contribution in [3.05, 3.63) is 54.2 Å². The molecule has 0 amide bonds. The van der Waals surface area contributed by atoms with Crippen molar-refractivity contribution in [2.75, 3.05) is 33.2 Å². The van der Waals surface area contributed by atoms with Crippen molar-refractivity contribution in [2.24, 2.45) is 5.92 Å². The Bertz CT molecular complexity index is 1070. The molecule has 0 radical (unpaired) electrons. The van der Waals surface area contributed by atoms with E-state index < -0.39 is 0 Å². The number of piperazine rings is 1. The minimum absolute atomic E-state index is 0.241. The van der Waals surface area contributed by atoms with Crippen LogP contribution in [0.2, 0.25) is 0 Å². The summed E-state index contributed by atoms with van der Waals surface area (Å²) in [6.45, 7) is 5.34. The van der Waals surface area contributed by atoms with Gasteiger partial charge in [0.2, 0.25) is 0 Å². The second-order valence-electron chi connectivity index (χ2n) is 8.64. The lowest BCUT2D eigenvalue weighted by atomic mass is 10.0. The summed E-state index contributed by atoms with van der Waals surface area (Å²) >= 11 is 0. The summed E-state index contributed by atoms with van der Waals surface area (Å²) in [6.07, 6.45) is 8.08. The molecule has 2 aliphatic rings. The topological polar surface area (TPSA) is 62.2 Å². The van der Waals surface area contributed by atoms with Gasteiger partial charge in [-0.25, -0.2) is 9.97 Å². The lowest BCUT2D eigenvalue weighted by Crippen LogP contribution is -2.43. The number of carbonyl (C=O) groups is 1. The molecule has 0 spiro atoms. The first-order chi connectivity index (χ1) is 14.6. The maximum absolute atomic E-state index is 12.1. The van der Waals surface area contributed by atoms with E-state index in [9.17, 15) is 4.79 Å². The minimum Gasteiger partial charge on any atom is -0.304 e. The van der Waals surface area contributed by atoms with Crippen LogP contribution in [0.4, 0.5) is 0 Å². The Kier molecular flexibility index (Phi) is 5.27. The lowest BCUT2D eigenvalue weighted by molar-refractivity contribution is -0.119. The number of carbonyl (C=O) groups excluding carboxylic acids is 1. The van der Waals surface area contributed by atoms with Crippen molar-refractivity contribution in [1.29, 1.82) is 0 Å². The molecule has 3 heterocycles. The van der Waals surface area contributed by atoms with Gasteiger partial charge in [0.25, 0.3) is 0 Å². The van der Waals surface area contributed by atoms with Gasteiger partial charge in [0.05, 0.1) is 11.9 Å². The predicted molar refractivity (Wildman–Crippen MR) is 117 cm³/mol. The maximum atomic E-state index is 12.1. The smallest absolute Gasteiger partial charge is 0.143 e. The molecule has 0 unspecified atom stereocenters. The van der Waals surface area contributed by atoms with E-state index in [1.807, 2.05) is 24.7 Å². The maximum Gasteiger partial charge on any atom is 0.143 e. The normalized spacial score (nSPS) is 18.0. The number of rotatable bonds is 6. The molecule has 1 saturated heterocycles. The third-order valence-electron chi connectivity index (χ3n) is 6.13. The van der Waals surface area contributed by atoms with Gasteiger partial charge in [-0.2, -0.15) is 0 Å². The Morgan fingerprint density at radius 1 is 1.03 bits per heavy atom. The highest BCUT2D eigenvalue weighted by molar-refractivity contribution is 5.86. The van der Waals surface area contributed by atoms with Crippen LogP contribution in [0.3, 0.4) is 0 Å². The van der Waals surface area contributed by atoms with Gasteiger partial charge in [-0.15, -0.1) is 0 Å². The second-order valence-corrected chi connectivity index (χ2v) is 8.64. The number of aromatic nitrogens is 3. The summed E-state index contributed by atoms with van der Waals surface area (Å²) in [5.74, 6) is 1.13. The van der Waals surface area contributed by atoms with Gasteiger partial charge in [0.15, 0.2) is 0 Å². The number of pyridine rings is 1. The van der Waals surface area contributed by atoms with E-state index in [1.165, 1.54) is 5.56 Å². The fourth-order valence-electron chi connectivity index (χ4n) is 4.03. The zero-order valence-corrected chi connectivity index (χ0v) is 17.4. The Morgan fingerprint density at radius 3 is 2.67 bits per heavy atom. The Labute approximate surface area is 177 Å². The molecule has 0 bridgehead atoms. The van der Waals surface area contributed by atoms with Gasteiger partial charge in [-0.05, 0) is 43.1 Å². The first kappa shape index (κ1) is 19.3. The molecule has 6 nitrogen and oxygen atoms in total. The summed E-state index contributed by atoms with van der Waals surface area (Å²) in [6, 6.07) is 8.45. The molecule has 5 rings (SSSR count). The van der Waals surface area contributed by atoms with Crippen molar-refractivity contribution in [3.8, 4) is 11.1 Å². The number of Topliss-reactive ketones (excluding diaryl/α,β-unsaturated/α-hetero) is 1. The van der Waals surface area contributed by atoms with Crippen LogP contribution in [-0.4, -0.2) is 63.8 Å². The Morgan fingerprint density at radius 2 is 1.87 bits per heavy atom. The monoisotopic (exact) mass is 401 g/mol. The number of likely N-dealkylation sites (N-methyl/N-ethyl adjacent to an activating group) is 1. The fraction of sp³-hybridized carbons (Fsp3) is 0.417. The second kappa shape index (κ2) is 8.20. The number of benzene rings is 1. The van der Waals surface area contributed by atoms with Crippen LogP contribution in [-0.2, 0) is 17.8 Å². The average molecular weight is 402 g/mol. The van der Waals surface area contributed by atoms with Crippen molar-refractivity contribution >= 4 is 16.7 Å². The zero-order valence-electron chi connectivity index (χ0n) is 17.4. The molecule has 0 atom stereocenters. The van der Waals surface area contributed by atoms with Gasteiger partial charge in [-0.1, -0.05) is 12.1 Å². The van der Waals surface area contributed by atoms with Gasteiger partial charge in [0, 0.05) is 68.2 Å². The molecular formula is C24H27N5O. The largest absolute Gasteiger partial charge is 0.304 e. The van der Waals surface area contributed by atoms with Gasteiger partial charge in [-0.3, -0.25) is 14.7 Å². The average Bonchev–Trinajstić information content (AvgIpc) is 3.61. The summed E-state index contributed by atoms with van der Waals surface area (Å²) in [7, 11) is 2.18. The molecule has 1 aliphatic carbocycles. The molecule has 2 aromatic heterocycles. The minimum atomic E-state index is 0.241. The molecule has 1 aromatic carbocycles. The lowest BCUT2D eigenvalue weighted by Gasteiger charge is -2.32. The third kappa shape index (κ3) is 4.40. The molecule has 2 fully saturated rings. The molecule has 30 heavy (non-hydrogen) atoms. The highest BCUT2D eigenvalue weighted by Gasteiger charge is 2.29. The number of hydrogen-bond donors (Lipinski definition) is 0. The molecule has 3 aromatic rings. The van der Waals surface area contributed by atoms with E-state index in [0.717, 1.165) is 67.6 Å². The summed E-state index contributed by atoms with van der Waals surface area (Å²) in [5, 5.41) is 0.989. The predicted octanol–water partition coefficient (Wildman–Crippen LogP) is 2.96. The first-order valence-corrected chi connectivity index (χ1v) is 10.8. The molecule has 0 N–H and O–H groups in total. The van der Waals surface area contributed by atoms with Crippen LogP contribution in [0, 0.1) is 5.92 Å². The van der Waals surface area contributed by atoms with Crippen LogP contribution < -0.4 is 0 Å². The number of hydrogen-bond acceptors (Lipinski definition) is 6. The molecule has 1 saturated carbocycles. The van der Waals surface area contributed by atoms with E-state index in [2.05, 4.69) is 50.0 Å². The van der Waals surface area contributed by atoms with E-state index in [1.54, 1.807) is 0 Å². The van der Waals surface area contributed by atoms with Crippen LogP contribution in [0.5, 0.6) is 0 Å². The summed E-state index contributed by atoms with van der Waals surface area (Å²) in [4.78, 5) is 30.5. The summed E-state index contributed by atoms with van der Waals surface area (Å²) in [5.41, 5.74) is 4.30. The molecular weight excluding hydrogens is 374 g/mol.